The first-order valence-electron chi connectivity index (χ1n) is 4.72. The first-order chi connectivity index (χ1) is 7.78. The fourth-order valence-electron chi connectivity index (χ4n) is 1.21. The van der Waals surface area contributed by atoms with Crippen molar-refractivity contribution in [3.63, 3.8) is 0 Å². The topological polar surface area (TPSA) is 22.1 Å². The zero-order chi connectivity index (χ0) is 11.4. The van der Waals surface area contributed by atoms with E-state index >= 15 is 0 Å². The van der Waals surface area contributed by atoms with Gasteiger partial charge in [-0.05, 0) is 36.6 Å². The number of hydrogen-bond donors (Lipinski definition) is 0. The van der Waals surface area contributed by atoms with Gasteiger partial charge in [-0.1, -0.05) is 17.7 Å². The number of thioether (sulfide) groups is 1. The Morgan fingerprint density at radius 2 is 1.88 bits per heavy atom. The Kier molecular flexibility index (Phi) is 3.70. The quantitative estimate of drug-likeness (QED) is 0.601. The second-order valence-corrected chi connectivity index (χ2v) is 4.34. The summed E-state index contributed by atoms with van der Waals surface area (Å²) in [6.07, 6.45) is 2.04. The maximum Gasteiger partial charge on any atom is 0.220 e. The monoisotopic (exact) mass is 251 g/mol. The van der Waals surface area contributed by atoms with Crippen LogP contribution in [0.2, 0.25) is 5.15 Å². The SMILES string of the molecule is CSc1ccc(Oc2cccc(Cl)n2)cc1. The Hall–Kier alpha value is -1.19. The largest absolute Gasteiger partial charge is 0.439 e. The lowest BCUT2D eigenvalue weighted by molar-refractivity contribution is 0.462. The van der Waals surface area contributed by atoms with Crippen LogP contribution in [0, 0.1) is 0 Å². The van der Waals surface area contributed by atoms with Gasteiger partial charge in [0.25, 0.3) is 0 Å². The average Bonchev–Trinajstić information content (AvgIpc) is 2.30. The van der Waals surface area contributed by atoms with Gasteiger partial charge in [0.15, 0.2) is 0 Å². The van der Waals surface area contributed by atoms with Gasteiger partial charge in [-0.2, -0.15) is 0 Å². The molecule has 0 saturated carbocycles. The van der Waals surface area contributed by atoms with E-state index in [9.17, 15) is 0 Å². The highest BCUT2D eigenvalue weighted by Gasteiger charge is 1.99. The molecule has 0 amide bonds. The van der Waals surface area contributed by atoms with Gasteiger partial charge in [-0.25, -0.2) is 4.98 Å². The van der Waals surface area contributed by atoms with E-state index in [4.69, 9.17) is 16.3 Å². The molecule has 82 valence electrons. The molecule has 0 aliphatic carbocycles. The van der Waals surface area contributed by atoms with E-state index in [1.54, 1.807) is 30.0 Å². The Bertz CT molecular complexity index is 473. The van der Waals surface area contributed by atoms with Gasteiger partial charge in [0.1, 0.15) is 10.9 Å². The van der Waals surface area contributed by atoms with Crippen molar-refractivity contribution in [2.24, 2.45) is 0 Å². The summed E-state index contributed by atoms with van der Waals surface area (Å²) in [5.41, 5.74) is 0. The number of benzene rings is 1. The second-order valence-electron chi connectivity index (χ2n) is 3.08. The molecule has 0 fully saturated rings. The summed E-state index contributed by atoms with van der Waals surface area (Å²) in [6.45, 7) is 0. The zero-order valence-corrected chi connectivity index (χ0v) is 10.3. The van der Waals surface area contributed by atoms with Gasteiger partial charge in [0.05, 0.1) is 0 Å². The summed E-state index contributed by atoms with van der Waals surface area (Å²) in [7, 11) is 0. The van der Waals surface area contributed by atoms with Gasteiger partial charge < -0.3 is 4.74 Å². The Balaban J connectivity index is 2.14. The third-order valence-electron chi connectivity index (χ3n) is 1.97. The molecule has 1 heterocycles. The molecule has 4 heteroatoms. The number of hydrogen-bond acceptors (Lipinski definition) is 3. The van der Waals surface area contributed by atoms with E-state index in [1.165, 1.54) is 4.90 Å². The molecule has 0 unspecified atom stereocenters. The summed E-state index contributed by atoms with van der Waals surface area (Å²) in [5.74, 6) is 1.26. The maximum absolute atomic E-state index is 5.76. The Morgan fingerprint density at radius 3 is 2.50 bits per heavy atom. The minimum Gasteiger partial charge on any atom is -0.439 e. The van der Waals surface area contributed by atoms with E-state index in [2.05, 4.69) is 4.98 Å². The standard InChI is InChI=1S/C12H10ClNOS/c1-16-10-7-5-9(6-8-10)15-12-4-2-3-11(13)14-12/h2-8H,1H3. The fraction of sp³-hybridized carbons (Fsp3) is 0.0833. The molecule has 2 aromatic rings. The van der Waals surface area contributed by atoms with Crippen LogP contribution in [-0.4, -0.2) is 11.2 Å². The lowest BCUT2D eigenvalue weighted by Gasteiger charge is -2.05. The van der Waals surface area contributed by atoms with Crippen molar-refractivity contribution in [3.8, 4) is 11.6 Å². The molecule has 0 saturated heterocycles. The third kappa shape index (κ3) is 2.90. The van der Waals surface area contributed by atoms with Crippen molar-refractivity contribution in [1.29, 1.82) is 0 Å². The van der Waals surface area contributed by atoms with Gasteiger partial charge in [0.2, 0.25) is 5.88 Å². The molecule has 0 aliphatic rings. The molecule has 1 aromatic carbocycles. The number of ether oxygens (including phenoxy) is 1. The second kappa shape index (κ2) is 5.23. The summed E-state index contributed by atoms with van der Waals surface area (Å²) >= 11 is 7.46. The van der Waals surface area contributed by atoms with Crippen LogP contribution in [0.4, 0.5) is 0 Å². The Morgan fingerprint density at radius 1 is 1.12 bits per heavy atom. The molecular weight excluding hydrogens is 242 g/mol. The summed E-state index contributed by atoms with van der Waals surface area (Å²) in [5, 5.41) is 0.429. The van der Waals surface area contributed by atoms with Crippen LogP contribution in [0.3, 0.4) is 0 Å². The normalized spacial score (nSPS) is 10.1. The highest BCUT2D eigenvalue weighted by atomic mass is 35.5. The first kappa shape index (κ1) is 11.3. The number of halogens is 1. The van der Waals surface area contributed by atoms with Crippen molar-refractivity contribution in [1.82, 2.24) is 4.98 Å². The van der Waals surface area contributed by atoms with E-state index in [1.807, 2.05) is 30.5 Å². The van der Waals surface area contributed by atoms with Crippen molar-refractivity contribution >= 4 is 23.4 Å². The van der Waals surface area contributed by atoms with Crippen molar-refractivity contribution in [2.45, 2.75) is 4.90 Å². The molecule has 0 radical (unpaired) electrons. The molecule has 1 aromatic heterocycles. The number of aromatic nitrogens is 1. The molecule has 2 nitrogen and oxygen atoms in total. The molecule has 0 N–H and O–H groups in total. The molecule has 2 rings (SSSR count). The zero-order valence-electron chi connectivity index (χ0n) is 8.68. The summed E-state index contributed by atoms with van der Waals surface area (Å²) < 4.78 is 5.55. The van der Waals surface area contributed by atoms with E-state index in [0.29, 0.717) is 11.0 Å². The van der Waals surface area contributed by atoms with Gasteiger partial charge in [-0.15, -0.1) is 11.8 Å². The predicted octanol–water partition coefficient (Wildman–Crippen LogP) is 4.25. The minimum atomic E-state index is 0.429. The molecule has 16 heavy (non-hydrogen) atoms. The van der Waals surface area contributed by atoms with Crippen LogP contribution < -0.4 is 4.74 Å². The first-order valence-corrected chi connectivity index (χ1v) is 6.32. The van der Waals surface area contributed by atoms with Crippen LogP contribution in [0.15, 0.2) is 47.4 Å². The van der Waals surface area contributed by atoms with Gasteiger partial charge in [-0.3, -0.25) is 0 Å². The lowest BCUT2D eigenvalue weighted by Crippen LogP contribution is -1.87. The fourth-order valence-corrected chi connectivity index (χ4v) is 1.78. The molecule has 0 atom stereocenters. The van der Waals surface area contributed by atoms with Crippen LogP contribution in [-0.2, 0) is 0 Å². The molecule has 0 aliphatic heterocycles. The van der Waals surface area contributed by atoms with Crippen molar-refractivity contribution < 1.29 is 4.74 Å². The van der Waals surface area contributed by atoms with E-state index in [0.717, 1.165) is 5.75 Å². The molecule has 0 bridgehead atoms. The van der Waals surface area contributed by atoms with E-state index < -0.39 is 0 Å². The maximum atomic E-state index is 5.76. The van der Waals surface area contributed by atoms with Crippen LogP contribution in [0.1, 0.15) is 0 Å². The van der Waals surface area contributed by atoms with Crippen LogP contribution >= 0.6 is 23.4 Å². The number of rotatable bonds is 3. The summed E-state index contributed by atoms with van der Waals surface area (Å²) in [4.78, 5) is 5.25. The van der Waals surface area contributed by atoms with Crippen molar-refractivity contribution in [2.75, 3.05) is 6.26 Å². The minimum absolute atomic E-state index is 0.429. The summed E-state index contributed by atoms with van der Waals surface area (Å²) in [6, 6.07) is 13.1. The lowest BCUT2D eigenvalue weighted by atomic mass is 10.3. The highest BCUT2D eigenvalue weighted by Crippen LogP contribution is 2.23. The number of pyridine rings is 1. The van der Waals surface area contributed by atoms with Crippen LogP contribution in [0.25, 0.3) is 0 Å². The molecule has 0 spiro atoms. The van der Waals surface area contributed by atoms with Gasteiger partial charge in [0, 0.05) is 11.0 Å². The van der Waals surface area contributed by atoms with Crippen molar-refractivity contribution in [3.05, 3.63) is 47.6 Å². The smallest absolute Gasteiger partial charge is 0.220 e. The highest BCUT2D eigenvalue weighted by molar-refractivity contribution is 7.98. The third-order valence-corrected chi connectivity index (χ3v) is 2.93. The van der Waals surface area contributed by atoms with E-state index in [-0.39, 0.29) is 0 Å². The predicted molar refractivity (Wildman–Crippen MR) is 67.5 cm³/mol. The van der Waals surface area contributed by atoms with Crippen LogP contribution in [0.5, 0.6) is 11.6 Å². The number of nitrogens with zero attached hydrogens (tertiary/aromatic N) is 1. The van der Waals surface area contributed by atoms with Gasteiger partial charge >= 0.3 is 0 Å². The molecular formula is C12H10ClNOS. The Labute approximate surface area is 104 Å². The average molecular weight is 252 g/mol.